The molecule has 0 radical (unpaired) electrons. The van der Waals surface area contributed by atoms with E-state index in [0.29, 0.717) is 12.5 Å². The number of rotatable bonds is 7. The summed E-state index contributed by atoms with van der Waals surface area (Å²) in [6.07, 6.45) is 0.955. The molecule has 1 aromatic carbocycles. The Labute approximate surface area is 196 Å². The first-order chi connectivity index (χ1) is 13.7. The van der Waals surface area contributed by atoms with Gasteiger partial charge in [-0.05, 0) is 34.1 Å². The normalized spacial score (nSPS) is 16.5. The summed E-state index contributed by atoms with van der Waals surface area (Å²) in [6.45, 7) is 9.94. The van der Waals surface area contributed by atoms with Gasteiger partial charge in [0.25, 0.3) is 0 Å². The summed E-state index contributed by atoms with van der Waals surface area (Å²) in [7, 11) is 3.30. The summed E-state index contributed by atoms with van der Waals surface area (Å²) in [5, 5.41) is 6.61. The van der Waals surface area contributed by atoms with Crippen molar-refractivity contribution in [2.75, 3.05) is 45.3 Å². The molecule has 30 heavy (non-hydrogen) atoms. The highest BCUT2D eigenvalue weighted by Gasteiger charge is 2.24. The molecule has 1 aliphatic rings. The van der Waals surface area contributed by atoms with Crippen LogP contribution in [0.4, 0.5) is 5.69 Å². The molecule has 1 unspecified atom stereocenters. The molecule has 0 spiro atoms. The van der Waals surface area contributed by atoms with Crippen LogP contribution < -0.4 is 25.0 Å². The van der Waals surface area contributed by atoms with Gasteiger partial charge in [0.2, 0.25) is 0 Å². The Morgan fingerprint density at radius 3 is 2.37 bits per heavy atom. The molecule has 1 heterocycles. The Balaban J connectivity index is 0.00000450. The van der Waals surface area contributed by atoms with Crippen molar-refractivity contribution in [3.8, 4) is 11.5 Å². The van der Waals surface area contributed by atoms with E-state index in [-0.39, 0.29) is 42.5 Å². The van der Waals surface area contributed by atoms with Gasteiger partial charge in [0, 0.05) is 49.6 Å². The van der Waals surface area contributed by atoms with Gasteiger partial charge >= 0.3 is 5.97 Å². The van der Waals surface area contributed by atoms with Gasteiger partial charge in [-0.1, -0.05) is 0 Å². The summed E-state index contributed by atoms with van der Waals surface area (Å²) in [4.78, 5) is 18.6. The third-order valence-electron chi connectivity index (χ3n) is 4.36. The van der Waals surface area contributed by atoms with Crippen molar-refractivity contribution in [3.05, 3.63) is 18.2 Å². The zero-order valence-electron chi connectivity index (χ0n) is 18.8. The van der Waals surface area contributed by atoms with E-state index in [9.17, 15) is 4.79 Å². The number of guanidine groups is 1. The molecule has 0 saturated carbocycles. The lowest BCUT2D eigenvalue weighted by Crippen LogP contribution is -2.45. The number of ether oxygens (including phenoxy) is 3. The van der Waals surface area contributed by atoms with Gasteiger partial charge < -0.3 is 29.7 Å². The van der Waals surface area contributed by atoms with Gasteiger partial charge in [0.1, 0.15) is 23.6 Å². The van der Waals surface area contributed by atoms with E-state index in [0.717, 1.165) is 36.7 Å². The minimum atomic E-state index is -0.512. The van der Waals surface area contributed by atoms with Crippen molar-refractivity contribution >= 4 is 41.6 Å². The Bertz CT molecular complexity index is 699. The largest absolute Gasteiger partial charge is 0.497 e. The monoisotopic (exact) mass is 534 g/mol. The SMILES string of the molecule is CCNC(=NCC(=O)OC(C)(C)C)NC1CCN(c2cc(OC)cc(OC)c2)C1.I. The first-order valence-electron chi connectivity index (χ1n) is 9.98. The van der Waals surface area contributed by atoms with E-state index < -0.39 is 5.60 Å². The quantitative estimate of drug-likeness (QED) is 0.241. The highest BCUT2D eigenvalue weighted by molar-refractivity contribution is 14.0. The maximum atomic E-state index is 11.9. The van der Waals surface area contributed by atoms with Crippen LogP contribution >= 0.6 is 24.0 Å². The summed E-state index contributed by atoms with van der Waals surface area (Å²) in [5.74, 6) is 1.81. The number of esters is 1. The fourth-order valence-electron chi connectivity index (χ4n) is 3.12. The first-order valence-corrected chi connectivity index (χ1v) is 9.98. The predicted octanol–water partition coefficient (Wildman–Crippen LogP) is 2.80. The topological polar surface area (TPSA) is 84.4 Å². The number of methoxy groups -OCH3 is 2. The Morgan fingerprint density at radius 2 is 1.83 bits per heavy atom. The lowest BCUT2D eigenvalue weighted by Gasteiger charge is -2.22. The lowest BCUT2D eigenvalue weighted by molar-refractivity contribution is -0.152. The highest BCUT2D eigenvalue weighted by Crippen LogP contribution is 2.30. The van der Waals surface area contributed by atoms with E-state index >= 15 is 0 Å². The molecule has 0 bridgehead atoms. The third-order valence-corrected chi connectivity index (χ3v) is 4.36. The number of carbonyl (C=O) groups is 1. The minimum absolute atomic E-state index is 0. The number of aliphatic imine (C=N–C) groups is 1. The van der Waals surface area contributed by atoms with E-state index in [2.05, 4.69) is 20.5 Å². The van der Waals surface area contributed by atoms with Crippen LogP contribution in [0, 0.1) is 0 Å². The van der Waals surface area contributed by atoms with Crippen LogP contribution in [0.5, 0.6) is 11.5 Å². The molecule has 0 aromatic heterocycles. The molecule has 1 atom stereocenters. The maximum Gasteiger partial charge on any atom is 0.328 e. The summed E-state index contributed by atoms with van der Waals surface area (Å²) in [5.41, 5.74) is 0.545. The van der Waals surface area contributed by atoms with E-state index in [1.54, 1.807) is 14.2 Å². The van der Waals surface area contributed by atoms with Gasteiger partial charge in [-0.25, -0.2) is 4.99 Å². The number of anilines is 1. The molecule has 1 fully saturated rings. The van der Waals surface area contributed by atoms with Crippen molar-refractivity contribution in [1.29, 1.82) is 0 Å². The van der Waals surface area contributed by atoms with Gasteiger partial charge in [0.05, 0.1) is 14.2 Å². The van der Waals surface area contributed by atoms with Crippen LogP contribution in [-0.2, 0) is 9.53 Å². The highest BCUT2D eigenvalue weighted by atomic mass is 127. The summed E-state index contributed by atoms with van der Waals surface area (Å²) < 4.78 is 16.1. The second-order valence-corrected chi connectivity index (χ2v) is 7.93. The fourth-order valence-corrected chi connectivity index (χ4v) is 3.12. The van der Waals surface area contributed by atoms with Crippen LogP contribution in [0.2, 0.25) is 0 Å². The number of carbonyl (C=O) groups excluding carboxylic acids is 1. The Kier molecular flexibility index (Phi) is 10.5. The molecule has 1 saturated heterocycles. The van der Waals surface area contributed by atoms with Crippen molar-refractivity contribution < 1.29 is 19.0 Å². The molecule has 8 nitrogen and oxygen atoms in total. The zero-order valence-corrected chi connectivity index (χ0v) is 21.1. The molecule has 2 N–H and O–H groups in total. The Hall–Kier alpha value is -1.91. The van der Waals surface area contributed by atoms with Crippen LogP contribution in [0.3, 0.4) is 0 Å². The van der Waals surface area contributed by atoms with E-state index in [1.807, 2.05) is 45.9 Å². The molecule has 2 rings (SSSR count). The van der Waals surface area contributed by atoms with Crippen LogP contribution in [0.15, 0.2) is 23.2 Å². The number of hydrogen-bond acceptors (Lipinski definition) is 6. The standard InChI is InChI=1S/C21H34N4O4.HI/c1-7-22-20(23-13-19(26)29-21(2,3)4)24-15-8-9-25(14-15)16-10-17(27-5)12-18(11-16)28-6;/h10-12,15H,7-9,13-14H2,1-6H3,(H2,22,23,24);1H. The van der Waals surface area contributed by atoms with E-state index in [4.69, 9.17) is 14.2 Å². The Morgan fingerprint density at radius 1 is 1.20 bits per heavy atom. The summed E-state index contributed by atoms with van der Waals surface area (Å²) >= 11 is 0. The predicted molar refractivity (Wildman–Crippen MR) is 131 cm³/mol. The molecule has 0 aliphatic carbocycles. The van der Waals surface area contributed by atoms with Gasteiger partial charge in [-0.2, -0.15) is 0 Å². The molecular formula is C21H35IN4O4. The second kappa shape index (κ2) is 12.1. The van der Waals surface area contributed by atoms with Crippen LogP contribution in [-0.4, -0.2) is 64.0 Å². The van der Waals surface area contributed by atoms with E-state index in [1.165, 1.54) is 0 Å². The first kappa shape index (κ1) is 26.1. The lowest BCUT2D eigenvalue weighted by atomic mass is 10.2. The number of benzene rings is 1. The number of hydrogen-bond donors (Lipinski definition) is 2. The second-order valence-electron chi connectivity index (χ2n) is 7.93. The molecule has 0 amide bonds. The molecule has 1 aromatic rings. The van der Waals surface area contributed by atoms with Crippen LogP contribution in [0.1, 0.15) is 34.1 Å². The van der Waals surface area contributed by atoms with Gasteiger partial charge in [0.15, 0.2) is 5.96 Å². The van der Waals surface area contributed by atoms with Crippen LogP contribution in [0.25, 0.3) is 0 Å². The number of nitrogens with zero attached hydrogens (tertiary/aromatic N) is 2. The summed E-state index contributed by atoms with van der Waals surface area (Å²) in [6, 6.07) is 6.09. The average Bonchev–Trinajstić information content (AvgIpc) is 3.13. The molecule has 9 heteroatoms. The average molecular weight is 534 g/mol. The van der Waals surface area contributed by atoms with Crippen molar-refractivity contribution in [1.82, 2.24) is 10.6 Å². The maximum absolute atomic E-state index is 11.9. The third kappa shape index (κ3) is 8.45. The number of halogens is 1. The van der Waals surface area contributed by atoms with Crippen molar-refractivity contribution in [2.45, 2.75) is 45.8 Å². The van der Waals surface area contributed by atoms with Crippen molar-refractivity contribution in [2.24, 2.45) is 4.99 Å². The molecular weight excluding hydrogens is 499 g/mol. The van der Waals surface area contributed by atoms with Gasteiger partial charge in [-0.15, -0.1) is 24.0 Å². The van der Waals surface area contributed by atoms with Crippen molar-refractivity contribution in [3.63, 3.8) is 0 Å². The fraction of sp³-hybridized carbons (Fsp3) is 0.619. The minimum Gasteiger partial charge on any atom is -0.497 e. The molecule has 1 aliphatic heterocycles. The number of nitrogens with one attached hydrogen (secondary N) is 2. The zero-order chi connectivity index (χ0) is 21.4. The van der Waals surface area contributed by atoms with Gasteiger partial charge in [-0.3, -0.25) is 4.79 Å². The molecule has 170 valence electrons. The smallest absolute Gasteiger partial charge is 0.328 e.